The molecule has 2 N–H and O–H groups in total. The molecule has 0 spiro atoms. The van der Waals surface area contributed by atoms with Gasteiger partial charge in [0.05, 0.1) is 11.2 Å². The van der Waals surface area contributed by atoms with Gasteiger partial charge in [-0.3, -0.25) is 0 Å². The minimum atomic E-state index is -0.833. The second-order valence-electron chi connectivity index (χ2n) is 11.4. The van der Waals surface area contributed by atoms with Crippen LogP contribution in [-0.2, 0) is 11.2 Å². The van der Waals surface area contributed by atoms with Crippen molar-refractivity contribution in [3.8, 4) is 11.5 Å². The van der Waals surface area contributed by atoms with E-state index in [-0.39, 0.29) is 11.8 Å². The third kappa shape index (κ3) is 5.91. The van der Waals surface area contributed by atoms with Crippen LogP contribution in [0.15, 0.2) is 48.5 Å². The Morgan fingerprint density at radius 2 is 1.14 bits per heavy atom. The average molecular weight is 481 g/mol. The van der Waals surface area contributed by atoms with Crippen molar-refractivity contribution in [1.82, 2.24) is 9.80 Å². The largest absolute Gasteiger partial charge is 0.457 e. The Morgan fingerprint density at radius 3 is 1.54 bits per heavy atom. The van der Waals surface area contributed by atoms with Gasteiger partial charge in [0.25, 0.3) is 0 Å². The van der Waals surface area contributed by atoms with E-state index >= 15 is 0 Å². The van der Waals surface area contributed by atoms with E-state index in [9.17, 15) is 10.2 Å². The van der Waals surface area contributed by atoms with Gasteiger partial charge in [0, 0.05) is 24.9 Å². The molecule has 5 nitrogen and oxygen atoms in total. The van der Waals surface area contributed by atoms with E-state index in [4.69, 9.17) is 4.74 Å². The molecule has 2 fully saturated rings. The van der Waals surface area contributed by atoms with Gasteiger partial charge in [-0.15, -0.1) is 0 Å². The van der Waals surface area contributed by atoms with Crippen LogP contribution in [-0.4, -0.2) is 61.3 Å². The van der Waals surface area contributed by atoms with Crippen LogP contribution in [0, 0.1) is 11.8 Å². The lowest BCUT2D eigenvalue weighted by Crippen LogP contribution is -2.43. The molecule has 4 rings (SSSR count). The van der Waals surface area contributed by atoms with Crippen LogP contribution in [0.5, 0.6) is 11.5 Å². The minimum Gasteiger partial charge on any atom is -0.457 e. The fourth-order valence-electron chi connectivity index (χ4n) is 6.38. The summed E-state index contributed by atoms with van der Waals surface area (Å²) in [7, 11) is 8.30. The van der Waals surface area contributed by atoms with Crippen molar-refractivity contribution in [2.45, 2.75) is 62.6 Å². The average Bonchev–Trinajstić information content (AvgIpc) is 2.82. The highest BCUT2D eigenvalue weighted by Gasteiger charge is 2.42. The number of benzene rings is 2. The van der Waals surface area contributed by atoms with Gasteiger partial charge in [0.1, 0.15) is 11.5 Å². The molecule has 2 aliphatic rings. The SMILES string of the molecule is CN(C)CC1CCCCC1(O)c1cccc(Oc2cccc(C3(O)CCCCC3CN(C)C)c2)c1. The first kappa shape index (κ1) is 26.2. The molecule has 2 saturated carbocycles. The zero-order chi connectivity index (χ0) is 25.1. The van der Waals surface area contributed by atoms with Gasteiger partial charge in [0.15, 0.2) is 0 Å². The van der Waals surface area contributed by atoms with Crippen molar-refractivity contribution in [3.05, 3.63) is 59.7 Å². The van der Waals surface area contributed by atoms with Crippen LogP contribution in [0.3, 0.4) is 0 Å². The van der Waals surface area contributed by atoms with Crippen molar-refractivity contribution < 1.29 is 14.9 Å². The molecule has 0 bridgehead atoms. The highest BCUT2D eigenvalue weighted by molar-refractivity contribution is 5.39. The van der Waals surface area contributed by atoms with E-state index in [1.807, 2.05) is 48.5 Å². The second kappa shape index (κ2) is 11.0. The Bertz CT molecular complexity index is 900. The molecule has 0 radical (unpaired) electrons. The van der Waals surface area contributed by atoms with E-state index in [1.165, 1.54) is 12.8 Å². The molecule has 0 saturated heterocycles. The minimum absolute atomic E-state index is 0.207. The molecule has 0 amide bonds. The van der Waals surface area contributed by atoms with Crippen molar-refractivity contribution in [1.29, 1.82) is 0 Å². The van der Waals surface area contributed by atoms with Crippen molar-refractivity contribution in [2.24, 2.45) is 11.8 Å². The van der Waals surface area contributed by atoms with Gasteiger partial charge in [-0.05, 0) is 89.3 Å². The monoisotopic (exact) mass is 480 g/mol. The first-order chi connectivity index (χ1) is 16.7. The summed E-state index contributed by atoms with van der Waals surface area (Å²) in [6.07, 6.45) is 8.06. The molecule has 4 atom stereocenters. The summed E-state index contributed by atoms with van der Waals surface area (Å²) in [5.41, 5.74) is 0.213. The fourth-order valence-corrected chi connectivity index (χ4v) is 6.38. The van der Waals surface area contributed by atoms with Crippen LogP contribution >= 0.6 is 0 Å². The Kier molecular flexibility index (Phi) is 8.22. The maximum Gasteiger partial charge on any atom is 0.127 e. The van der Waals surface area contributed by atoms with E-state index in [2.05, 4.69) is 38.0 Å². The lowest BCUT2D eigenvalue weighted by Gasteiger charge is -2.42. The zero-order valence-electron chi connectivity index (χ0n) is 22.0. The van der Waals surface area contributed by atoms with E-state index in [0.29, 0.717) is 0 Å². The highest BCUT2D eigenvalue weighted by atomic mass is 16.5. The fraction of sp³-hybridized carbons (Fsp3) is 0.600. The Labute approximate surface area is 211 Å². The lowest BCUT2D eigenvalue weighted by atomic mass is 9.71. The molecule has 4 unspecified atom stereocenters. The Morgan fingerprint density at radius 1 is 0.714 bits per heavy atom. The van der Waals surface area contributed by atoms with E-state index in [1.54, 1.807) is 0 Å². The van der Waals surface area contributed by atoms with Gasteiger partial charge >= 0.3 is 0 Å². The van der Waals surface area contributed by atoms with Crippen molar-refractivity contribution in [3.63, 3.8) is 0 Å². The number of hydrogen-bond donors (Lipinski definition) is 2. The molecule has 0 aliphatic heterocycles. The van der Waals surface area contributed by atoms with Gasteiger partial charge < -0.3 is 24.7 Å². The quantitative estimate of drug-likeness (QED) is 0.533. The smallest absolute Gasteiger partial charge is 0.127 e. The molecule has 2 aromatic carbocycles. The molecule has 5 heteroatoms. The predicted octanol–water partition coefficient (Wildman–Crippen LogP) is 5.36. The molecular weight excluding hydrogens is 436 g/mol. The van der Waals surface area contributed by atoms with Gasteiger partial charge in [-0.25, -0.2) is 0 Å². The molecule has 35 heavy (non-hydrogen) atoms. The highest BCUT2D eigenvalue weighted by Crippen LogP contribution is 2.45. The molecular formula is C30H44N2O3. The summed E-state index contributed by atoms with van der Waals surface area (Å²) >= 11 is 0. The normalized spacial score (nSPS) is 29.5. The first-order valence-electron chi connectivity index (χ1n) is 13.3. The van der Waals surface area contributed by atoms with Crippen LogP contribution in [0.2, 0.25) is 0 Å². The molecule has 2 aliphatic carbocycles. The molecule has 2 aromatic rings. The maximum atomic E-state index is 11.8. The zero-order valence-corrected chi connectivity index (χ0v) is 22.0. The first-order valence-corrected chi connectivity index (χ1v) is 13.3. The summed E-state index contributed by atoms with van der Waals surface area (Å²) in [5.74, 6) is 1.86. The molecule has 0 heterocycles. The summed E-state index contributed by atoms with van der Waals surface area (Å²) < 4.78 is 6.32. The van der Waals surface area contributed by atoms with Crippen LogP contribution in [0.4, 0.5) is 0 Å². The summed E-state index contributed by atoms with van der Waals surface area (Å²) in [4.78, 5) is 4.35. The molecule has 0 aromatic heterocycles. The number of hydrogen-bond acceptors (Lipinski definition) is 5. The van der Waals surface area contributed by atoms with E-state index < -0.39 is 11.2 Å². The predicted molar refractivity (Wildman–Crippen MR) is 142 cm³/mol. The van der Waals surface area contributed by atoms with Crippen LogP contribution in [0.25, 0.3) is 0 Å². The standard InChI is InChI=1S/C30H44N2O3/c1-31(2)21-25-11-5-7-17-29(25,33)23-13-9-15-27(19-23)35-28-16-10-14-24(20-28)30(34)18-8-6-12-26(30)22-32(3)4/h9-10,13-16,19-20,25-26,33-34H,5-8,11-12,17-18,21-22H2,1-4H3. The lowest BCUT2D eigenvalue weighted by molar-refractivity contribution is -0.0619. The third-order valence-electron chi connectivity index (χ3n) is 8.15. The summed E-state index contributed by atoms with van der Waals surface area (Å²) in [6, 6.07) is 15.9. The van der Waals surface area contributed by atoms with Crippen LogP contribution in [0.1, 0.15) is 62.5 Å². The Hall–Kier alpha value is -1.92. The van der Waals surface area contributed by atoms with Crippen LogP contribution < -0.4 is 4.74 Å². The topological polar surface area (TPSA) is 56.2 Å². The number of rotatable bonds is 8. The summed E-state index contributed by atoms with van der Waals surface area (Å²) in [6.45, 7) is 1.74. The number of aliphatic hydroxyl groups is 2. The van der Waals surface area contributed by atoms with E-state index in [0.717, 1.165) is 74.2 Å². The maximum absolute atomic E-state index is 11.8. The van der Waals surface area contributed by atoms with Gasteiger partial charge in [0.2, 0.25) is 0 Å². The second-order valence-corrected chi connectivity index (χ2v) is 11.4. The molecule has 192 valence electrons. The van der Waals surface area contributed by atoms with Crippen molar-refractivity contribution >= 4 is 0 Å². The number of ether oxygens (including phenoxy) is 1. The van der Waals surface area contributed by atoms with Gasteiger partial charge in [-0.1, -0.05) is 49.9 Å². The van der Waals surface area contributed by atoms with Crippen molar-refractivity contribution in [2.75, 3.05) is 41.3 Å². The van der Waals surface area contributed by atoms with Gasteiger partial charge in [-0.2, -0.15) is 0 Å². The number of nitrogens with zero attached hydrogens (tertiary/aromatic N) is 2. The third-order valence-corrected chi connectivity index (χ3v) is 8.15. The Balaban J connectivity index is 1.57. The summed E-state index contributed by atoms with van der Waals surface area (Å²) in [5, 5.41) is 23.5.